The molecule has 1 amide bonds. The second-order valence-corrected chi connectivity index (χ2v) is 8.65. The fourth-order valence-corrected chi connectivity index (χ4v) is 3.98. The number of thioether (sulfide) groups is 1. The summed E-state index contributed by atoms with van der Waals surface area (Å²) in [6.45, 7) is 1.82. The van der Waals surface area contributed by atoms with E-state index in [-0.39, 0.29) is 28.0 Å². The molecule has 11 heteroatoms. The Balaban J connectivity index is 1.85. The number of aromatic amines is 1. The summed E-state index contributed by atoms with van der Waals surface area (Å²) in [7, 11) is 3.81. The molecule has 174 valence electrons. The van der Waals surface area contributed by atoms with Gasteiger partial charge in [0.15, 0.2) is 5.16 Å². The highest BCUT2D eigenvalue weighted by Gasteiger charge is 2.22. The topological polar surface area (TPSA) is 145 Å². The van der Waals surface area contributed by atoms with Crippen LogP contribution in [0, 0.1) is 21.4 Å². The van der Waals surface area contributed by atoms with Gasteiger partial charge in [0.05, 0.1) is 15.9 Å². The molecule has 1 heterocycles. The fourth-order valence-electron chi connectivity index (χ4n) is 3.08. The quantitative estimate of drug-likeness (QED) is 0.215. The van der Waals surface area contributed by atoms with E-state index >= 15 is 0 Å². The van der Waals surface area contributed by atoms with Crippen LogP contribution < -0.4 is 15.8 Å². The Hall–Kier alpha value is -4.17. The molecule has 0 saturated heterocycles. The van der Waals surface area contributed by atoms with E-state index in [1.807, 2.05) is 44.1 Å². The molecule has 3 rings (SSSR count). The van der Waals surface area contributed by atoms with Gasteiger partial charge in [-0.15, -0.1) is 0 Å². The molecule has 2 aromatic carbocycles. The van der Waals surface area contributed by atoms with Crippen LogP contribution >= 0.6 is 11.8 Å². The van der Waals surface area contributed by atoms with Crippen LogP contribution in [0.15, 0.2) is 58.5 Å². The Morgan fingerprint density at radius 1 is 1.24 bits per heavy atom. The summed E-state index contributed by atoms with van der Waals surface area (Å²) >= 11 is 1.07. The number of non-ortho nitro benzene ring substituents is 1. The van der Waals surface area contributed by atoms with Gasteiger partial charge in [-0.25, -0.2) is 4.98 Å². The van der Waals surface area contributed by atoms with Gasteiger partial charge < -0.3 is 15.2 Å². The molecule has 0 aliphatic carbocycles. The SMILES string of the molecule is CC[C@@H](Sc1nc(-c2ccc(N(C)C)cc2)c(C#N)c(=O)[nH]1)C(=O)Nc1ccc([N+](=O)[O-])cc1. The summed E-state index contributed by atoms with van der Waals surface area (Å²) in [4.78, 5) is 44.6. The van der Waals surface area contributed by atoms with Gasteiger partial charge in [-0.2, -0.15) is 5.26 Å². The number of H-pyrrole nitrogens is 1. The predicted octanol–water partition coefficient (Wildman–Crippen LogP) is 3.79. The van der Waals surface area contributed by atoms with Crippen LogP contribution in [0.1, 0.15) is 18.9 Å². The molecule has 3 aromatic rings. The van der Waals surface area contributed by atoms with Gasteiger partial charge in [0.2, 0.25) is 5.91 Å². The Bertz CT molecular complexity index is 1300. The minimum Gasteiger partial charge on any atom is -0.378 e. The first-order chi connectivity index (χ1) is 16.2. The third-order valence-electron chi connectivity index (χ3n) is 4.93. The van der Waals surface area contributed by atoms with E-state index in [2.05, 4.69) is 15.3 Å². The van der Waals surface area contributed by atoms with E-state index in [0.717, 1.165) is 17.4 Å². The molecule has 1 aromatic heterocycles. The number of amides is 1. The molecular formula is C23H22N6O4S. The first-order valence-electron chi connectivity index (χ1n) is 10.3. The van der Waals surface area contributed by atoms with Gasteiger partial charge in [0.1, 0.15) is 11.6 Å². The lowest BCUT2D eigenvalue weighted by molar-refractivity contribution is -0.384. The number of hydrogen-bond donors (Lipinski definition) is 2. The number of benzene rings is 2. The monoisotopic (exact) mass is 478 g/mol. The minimum absolute atomic E-state index is 0.0788. The van der Waals surface area contributed by atoms with Crippen molar-refractivity contribution >= 4 is 34.7 Å². The van der Waals surface area contributed by atoms with Crippen molar-refractivity contribution in [3.63, 3.8) is 0 Å². The van der Waals surface area contributed by atoms with E-state index < -0.39 is 15.7 Å². The second kappa shape index (κ2) is 10.6. The molecule has 0 radical (unpaired) electrons. The Morgan fingerprint density at radius 2 is 1.88 bits per heavy atom. The molecule has 0 saturated carbocycles. The molecule has 0 aliphatic rings. The van der Waals surface area contributed by atoms with Crippen molar-refractivity contribution in [3.8, 4) is 17.3 Å². The summed E-state index contributed by atoms with van der Waals surface area (Å²) in [6.07, 6.45) is 0.431. The van der Waals surface area contributed by atoms with Crippen LogP contribution in [-0.2, 0) is 4.79 Å². The highest BCUT2D eigenvalue weighted by Crippen LogP contribution is 2.28. The van der Waals surface area contributed by atoms with Crippen LogP contribution in [0.2, 0.25) is 0 Å². The van der Waals surface area contributed by atoms with Crippen LogP contribution in [-0.4, -0.2) is 40.1 Å². The number of carbonyl (C=O) groups excluding carboxylic acids is 1. The summed E-state index contributed by atoms with van der Waals surface area (Å²) in [5.41, 5.74) is 1.45. The van der Waals surface area contributed by atoms with Crippen LogP contribution in [0.5, 0.6) is 0 Å². The zero-order valence-corrected chi connectivity index (χ0v) is 19.5. The van der Waals surface area contributed by atoms with Gasteiger partial charge in [-0.3, -0.25) is 19.7 Å². The molecule has 2 N–H and O–H groups in total. The van der Waals surface area contributed by atoms with Gasteiger partial charge in [0.25, 0.3) is 11.2 Å². The van der Waals surface area contributed by atoms with E-state index in [9.17, 15) is 25.0 Å². The molecule has 0 bridgehead atoms. The van der Waals surface area contributed by atoms with Crippen LogP contribution in [0.4, 0.5) is 17.1 Å². The average molecular weight is 479 g/mol. The Labute approximate surface area is 199 Å². The second-order valence-electron chi connectivity index (χ2n) is 7.46. The molecule has 10 nitrogen and oxygen atoms in total. The summed E-state index contributed by atoms with van der Waals surface area (Å²) in [5, 5.41) is 22.6. The van der Waals surface area contributed by atoms with Crippen molar-refractivity contribution in [1.29, 1.82) is 5.26 Å². The number of nitrogens with zero attached hydrogens (tertiary/aromatic N) is 4. The number of nitrogens with one attached hydrogen (secondary N) is 2. The third-order valence-corrected chi connectivity index (χ3v) is 6.18. The number of aromatic nitrogens is 2. The number of nitro groups is 1. The maximum Gasteiger partial charge on any atom is 0.270 e. The molecule has 0 aliphatic heterocycles. The first kappa shape index (κ1) is 24.5. The number of nitriles is 1. The summed E-state index contributed by atoms with van der Waals surface area (Å²) in [6, 6.07) is 14.7. The highest BCUT2D eigenvalue weighted by atomic mass is 32.2. The van der Waals surface area contributed by atoms with Crippen molar-refractivity contribution in [1.82, 2.24) is 9.97 Å². The molecular weight excluding hydrogens is 456 g/mol. The number of nitro benzene ring substituents is 1. The van der Waals surface area contributed by atoms with Gasteiger partial charge in [-0.05, 0) is 30.7 Å². The third kappa shape index (κ3) is 5.60. The van der Waals surface area contributed by atoms with Crippen molar-refractivity contribution in [3.05, 3.63) is 74.6 Å². The van der Waals surface area contributed by atoms with Crippen molar-refractivity contribution in [2.75, 3.05) is 24.3 Å². The lowest BCUT2D eigenvalue weighted by Crippen LogP contribution is -2.25. The smallest absolute Gasteiger partial charge is 0.270 e. The highest BCUT2D eigenvalue weighted by molar-refractivity contribution is 8.00. The number of hydrogen-bond acceptors (Lipinski definition) is 8. The number of rotatable bonds is 8. The lowest BCUT2D eigenvalue weighted by Gasteiger charge is -2.15. The normalized spacial score (nSPS) is 11.4. The average Bonchev–Trinajstić information content (AvgIpc) is 2.82. The lowest BCUT2D eigenvalue weighted by atomic mass is 10.1. The van der Waals surface area contributed by atoms with Crippen LogP contribution in [0.3, 0.4) is 0 Å². The molecule has 34 heavy (non-hydrogen) atoms. The van der Waals surface area contributed by atoms with Gasteiger partial charge in [0, 0.05) is 43.2 Å². The zero-order valence-electron chi connectivity index (χ0n) is 18.7. The van der Waals surface area contributed by atoms with Gasteiger partial charge in [-0.1, -0.05) is 30.8 Å². The summed E-state index contributed by atoms with van der Waals surface area (Å²) < 4.78 is 0. The van der Waals surface area contributed by atoms with Gasteiger partial charge >= 0.3 is 0 Å². The predicted molar refractivity (Wildman–Crippen MR) is 131 cm³/mol. The Morgan fingerprint density at radius 3 is 2.41 bits per heavy atom. The van der Waals surface area contributed by atoms with E-state index in [1.165, 1.54) is 24.3 Å². The number of carbonyl (C=O) groups is 1. The van der Waals surface area contributed by atoms with E-state index in [4.69, 9.17) is 0 Å². The Kier molecular flexibility index (Phi) is 7.65. The first-order valence-corrected chi connectivity index (χ1v) is 11.2. The number of anilines is 2. The maximum atomic E-state index is 12.8. The molecule has 1 atom stereocenters. The standard InChI is InChI=1S/C23H22N6O4S/c1-4-19(22(31)25-15-7-11-17(12-8-15)29(32)33)34-23-26-20(18(13-24)21(30)27-23)14-5-9-16(10-6-14)28(2)3/h5-12,19H,4H2,1-3H3,(H,25,31)(H,26,27,30)/t19-/m1/s1. The largest absolute Gasteiger partial charge is 0.378 e. The van der Waals surface area contributed by atoms with Crippen molar-refractivity contribution in [2.24, 2.45) is 0 Å². The fraction of sp³-hybridized carbons (Fsp3) is 0.217. The summed E-state index contributed by atoms with van der Waals surface area (Å²) in [5.74, 6) is -0.342. The zero-order chi connectivity index (χ0) is 24.8. The van der Waals surface area contributed by atoms with E-state index in [1.54, 1.807) is 12.1 Å². The van der Waals surface area contributed by atoms with Crippen molar-refractivity contribution < 1.29 is 9.72 Å². The molecule has 0 spiro atoms. The van der Waals surface area contributed by atoms with Crippen molar-refractivity contribution in [2.45, 2.75) is 23.8 Å². The van der Waals surface area contributed by atoms with E-state index in [0.29, 0.717) is 17.7 Å². The molecule has 0 unspecified atom stereocenters. The maximum absolute atomic E-state index is 12.8. The van der Waals surface area contributed by atoms with Crippen LogP contribution in [0.25, 0.3) is 11.3 Å². The minimum atomic E-state index is -0.602. The molecule has 0 fully saturated rings.